The van der Waals surface area contributed by atoms with E-state index in [0.717, 1.165) is 6.54 Å². The Morgan fingerprint density at radius 3 is 2.87 bits per heavy atom. The highest BCUT2D eigenvalue weighted by Gasteiger charge is 2.12. The number of nitrogen functional groups attached to an aromatic ring is 1. The number of methoxy groups -OCH3 is 1. The van der Waals surface area contributed by atoms with Gasteiger partial charge in [-0.1, -0.05) is 0 Å². The van der Waals surface area contributed by atoms with Crippen molar-refractivity contribution in [3.05, 3.63) is 17.8 Å². The van der Waals surface area contributed by atoms with Gasteiger partial charge in [0.2, 0.25) is 0 Å². The van der Waals surface area contributed by atoms with E-state index >= 15 is 0 Å². The van der Waals surface area contributed by atoms with E-state index < -0.39 is 5.97 Å². The molecule has 0 atom stereocenters. The Labute approximate surface area is 88.9 Å². The van der Waals surface area contributed by atoms with Crippen molar-refractivity contribution in [3.8, 4) is 0 Å². The molecule has 1 aromatic heterocycles. The first-order chi connectivity index (χ1) is 7.10. The second kappa shape index (κ2) is 4.63. The first kappa shape index (κ1) is 11.3. The summed E-state index contributed by atoms with van der Waals surface area (Å²) >= 11 is 0. The van der Waals surface area contributed by atoms with Crippen molar-refractivity contribution >= 4 is 17.5 Å². The van der Waals surface area contributed by atoms with Crippen LogP contribution in [0.1, 0.15) is 17.3 Å². The van der Waals surface area contributed by atoms with Crippen LogP contribution < -0.4 is 10.6 Å². The molecule has 0 fully saturated rings. The van der Waals surface area contributed by atoms with Crippen LogP contribution in [0, 0.1) is 0 Å². The molecule has 0 unspecified atom stereocenters. The summed E-state index contributed by atoms with van der Waals surface area (Å²) in [6.07, 6.45) is 1.47. The number of aromatic nitrogens is 1. The van der Waals surface area contributed by atoms with Crippen molar-refractivity contribution in [2.24, 2.45) is 0 Å². The molecule has 5 heteroatoms. The van der Waals surface area contributed by atoms with Gasteiger partial charge in [-0.05, 0) is 13.0 Å². The molecule has 15 heavy (non-hydrogen) atoms. The van der Waals surface area contributed by atoms with Gasteiger partial charge in [-0.25, -0.2) is 9.78 Å². The average molecular weight is 209 g/mol. The summed E-state index contributed by atoms with van der Waals surface area (Å²) in [4.78, 5) is 17.4. The minimum Gasteiger partial charge on any atom is -0.465 e. The zero-order valence-corrected chi connectivity index (χ0v) is 9.15. The van der Waals surface area contributed by atoms with Gasteiger partial charge in [0.05, 0.1) is 24.6 Å². The second-order valence-corrected chi connectivity index (χ2v) is 3.14. The van der Waals surface area contributed by atoms with E-state index in [1.54, 1.807) is 6.07 Å². The van der Waals surface area contributed by atoms with Gasteiger partial charge in [0.25, 0.3) is 0 Å². The van der Waals surface area contributed by atoms with E-state index in [0.29, 0.717) is 17.1 Å². The van der Waals surface area contributed by atoms with E-state index in [2.05, 4.69) is 9.72 Å². The molecule has 0 radical (unpaired) electrons. The van der Waals surface area contributed by atoms with Crippen LogP contribution in [0.2, 0.25) is 0 Å². The highest BCUT2D eigenvalue weighted by Crippen LogP contribution is 2.17. The van der Waals surface area contributed by atoms with Gasteiger partial charge in [0, 0.05) is 13.6 Å². The Bertz CT molecular complexity index is 366. The quantitative estimate of drug-likeness (QED) is 0.749. The molecule has 1 aromatic rings. The van der Waals surface area contributed by atoms with Gasteiger partial charge in [0.1, 0.15) is 5.82 Å². The number of pyridine rings is 1. The Hall–Kier alpha value is -1.78. The van der Waals surface area contributed by atoms with Gasteiger partial charge >= 0.3 is 5.97 Å². The van der Waals surface area contributed by atoms with Gasteiger partial charge in [-0.15, -0.1) is 0 Å². The average Bonchev–Trinajstić information content (AvgIpc) is 2.27. The fourth-order valence-corrected chi connectivity index (χ4v) is 1.11. The SMILES string of the molecule is CCN(C)c1cc(C(=O)OC)c(N)cn1. The Kier molecular flexibility index (Phi) is 3.49. The third kappa shape index (κ3) is 2.37. The van der Waals surface area contributed by atoms with Crippen LogP contribution >= 0.6 is 0 Å². The Balaban J connectivity index is 3.10. The number of nitrogens with two attached hydrogens (primary N) is 1. The summed E-state index contributed by atoms with van der Waals surface area (Å²) < 4.78 is 4.62. The summed E-state index contributed by atoms with van der Waals surface area (Å²) in [5.74, 6) is 0.257. The van der Waals surface area contributed by atoms with Crippen LogP contribution in [0.3, 0.4) is 0 Å². The Morgan fingerprint density at radius 2 is 2.33 bits per heavy atom. The maximum absolute atomic E-state index is 11.3. The summed E-state index contributed by atoms with van der Waals surface area (Å²) in [6.45, 7) is 2.80. The lowest BCUT2D eigenvalue weighted by molar-refractivity contribution is 0.0602. The molecule has 0 aliphatic rings. The maximum atomic E-state index is 11.3. The molecule has 5 nitrogen and oxygen atoms in total. The molecule has 0 aliphatic heterocycles. The van der Waals surface area contributed by atoms with Crippen LogP contribution in [-0.4, -0.2) is 31.7 Å². The van der Waals surface area contributed by atoms with E-state index in [9.17, 15) is 4.79 Å². The number of ether oxygens (including phenoxy) is 1. The zero-order valence-electron chi connectivity index (χ0n) is 9.15. The van der Waals surface area contributed by atoms with Crippen molar-refractivity contribution in [2.75, 3.05) is 31.3 Å². The normalized spacial score (nSPS) is 9.80. The topological polar surface area (TPSA) is 68.5 Å². The molecule has 2 N–H and O–H groups in total. The van der Waals surface area contributed by atoms with Gasteiger partial charge in [0.15, 0.2) is 0 Å². The highest BCUT2D eigenvalue weighted by atomic mass is 16.5. The molecule has 0 saturated heterocycles. The molecule has 0 spiro atoms. The summed E-state index contributed by atoms with van der Waals surface area (Å²) in [6, 6.07) is 1.63. The predicted octanol–water partition coefficient (Wildman–Crippen LogP) is 0.906. The number of anilines is 2. The fourth-order valence-electron chi connectivity index (χ4n) is 1.11. The van der Waals surface area contributed by atoms with Gasteiger partial charge in [-0.3, -0.25) is 0 Å². The molecule has 1 rings (SSSR count). The minimum absolute atomic E-state index is 0.329. The van der Waals surface area contributed by atoms with Crippen molar-refractivity contribution in [1.82, 2.24) is 4.98 Å². The van der Waals surface area contributed by atoms with Crippen molar-refractivity contribution in [1.29, 1.82) is 0 Å². The smallest absolute Gasteiger partial charge is 0.340 e. The lowest BCUT2D eigenvalue weighted by Gasteiger charge is -2.16. The zero-order chi connectivity index (χ0) is 11.4. The first-order valence-corrected chi connectivity index (χ1v) is 4.65. The van der Waals surface area contributed by atoms with Gasteiger partial charge < -0.3 is 15.4 Å². The molecule has 0 amide bonds. The lowest BCUT2D eigenvalue weighted by Crippen LogP contribution is -2.18. The van der Waals surface area contributed by atoms with E-state index in [-0.39, 0.29) is 0 Å². The number of nitrogens with zero attached hydrogens (tertiary/aromatic N) is 2. The molecular weight excluding hydrogens is 194 g/mol. The van der Waals surface area contributed by atoms with Crippen molar-refractivity contribution < 1.29 is 9.53 Å². The second-order valence-electron chi connectivity index (χ2n) is 3.14. The third-order valence-corrected chi connectivity index (χ3v) is 2.19. The van der Waals surface area contributed by atoms with Crippen LogP contribution in [-0.2, 0) is 4.74 Å². The lowest BCUT2D eigenvalue weighted by atomic mass is 10.2. The van der Waals surface area contributed by atoms with E-state index in [1.165, 1.54) is 13.3 Å². The number of hydrogen-bond acceptors (Lipinski definition) is 5. The summed E-state index contributed by atoms with van der Waals surface area (Å²) in [7, 11) is 3.21. The monoisotopic (exact) mass is 209 g/mol. The highest BCUT2D eigenvalue weighted by molar-refractivity contribution is 5.95. The fraction of sp³-hybridized carbons (Fsp3) is 0.400. The van der Waals surface area contributed by atoms with Crippen LogP contribution in [0.25, 0.3) is 0 Å². The molecule has 0 saturated carbocycles. The molecule has 82 valence electrons. The molecule has 0 aliphatic carbocycles. The first-order valence-electron chi connectivity index (χ1n) is 4.65. The number of rotatable bonds is 3. The standard InChI is InChI=1S/C10H15N3O2/c1-4-13(2)9-5-7(10(14)15-3)8(11)6-12-9/h5-6H,4,11H2,1-3H3. The molecule has 1 heterocycles. The largest absolute Gasteiger partial charge is 0.465 e. The van der Waals surface area contributed by atoms with Crippen LogP contribution in [0.4, 0.5) is 11.5 Å². The van der Waals surface area contributed by atoms with Crippen molar-refractivity contribution in [2.45, 2.75) is 6.92 Å². The predicted molar refractivity (Wildman–Crippen MR) is 58.9 cm³/mol. The van der Waals surface area contributed by atoms with Gasteiger partial charge in [-0.2, -0.15) is 0 Å². The van der Waals surface area contributed by atoms with E-state index in [4.69, 9.17) is 5.73 Å². The minimum atomic E-state index is -0.444. The third-order valence-electron chi connectivity index (χ3n) is 2.19. The summed E-state index contributed by atoms with van der Waals surface area (Å²) in [5, 5.41) is 0. The number of carbonyl (C=O) groups is 1. The van der Waals surface area contributed by atoms with E-state index in [1.807, 2.05) is 18.9 Å². The number of hydrogen-bond donors (Lipinski definition) is 1. The maximum Gasteiger partial charge on any atom is 0.340 e. The number of esters is 1. The van der Waals surface area contributed by atoms with Crippen LogP contribution in [0.15, 0.2) is 12.3 Å². The van der Waals surface area contributed by atoms with Crippen molar-refractivity contribution in [3.63, 3.8) is 0 Å². The molecule has 0 bridgehead atoms. The van der Waals surface area contributed by atoms with Crippen LogP contribution in [0.5, 0.6) is 0 Å². The number of carbonyl (C=O) groups excluding carboxylic acids is 1. The summed E-state index contributed by atoms with van der Waals surface area (Å²) in [5.41, 5.74) is 6.30. The molecule has 0 aromatic carbocycles. The molecular formula is C10H15N3O2. The Morgan fingerprint density at radius 1 is 1.67 bits per heavy atom.